The van der Waals surface area contributed by atoms with Crippen molar-refractivity contribution in [3.05, 3.63) is 12.4 Å². The molecule has 1 atom stereocenters. The first kappa shape index (κ1) is 14.1. The van der Waals surface area contributed by atoms with Gasteiger partial charge in [0.25, 0.3) is 10.0 Å². The predicted molar refractivity (Wildman–Crippen MR) is 66.9 cm³/mol. The molecule has 1 saturated heterocycles. The van der Waals surface area contributed by atoms with Gasteiger partial charge in [0.2, 0.25) is 5.03 Å². The van der Waals surface area contributed by atoms with Crippen LogP contribution in [0.15, 0.2) is 17.4 Å². The van der Waals surface area contributed by atoms with Gasteiger partial charge in [-0.25, -0.2) is 23.5 Å². The molecule has 0 amide bonds. The topological polar surface area (TPSA) is 127 Å². The van der Waals surface area contributed by atoms with Crippen molar-refractivity contribution in [1.82, 2.24) is 9.97 Å². The summed E-state index contributed by atoms with van der Waals surface area (Å²) in [6.45, 7) is 0.940. The Morgan fingerprint density at radius 1 is 1.47 bits per heavy atom. The van der Waals surface area contributed by atoms with Crippen LogP contribution in [-0.4, -0.2) is 48.9 Å². The van der Waals surface area contributed by atoms with Gasteiger partial charge in [0.1, 0.15) is 5.60 Å². The van der Waals surface area contributed by atoms with Crippen LogP contribution in [0.2, 0.25) is 0 Å². The zero-order valence-electron chi connectivity index (χ0n) is 10.2. The molecule has 9 heteroatoms. The lowest BCUT2D eigenvalue weighted by Gasteiger charge is -2.32. The number of aromatic nitrogens is 2. The lowest BCUT2D eigenvalue weighted by molar-refractivity contribution is -0.0764. The minimum Gasteiger partial charge on any atom is -0.386 e. The number of sulfonamides is 1. The van der Waals surface area contributed by atoms with E-state index >= 15 is 0 Å². The molecule has 19 heavy (non-hydrogen) atoms. The number of rotatable bonds is 4. The van der Waals surface area contributed by atoms with E-state index in [1.165, 1.54) is 12.4 Å². The monoisotopic (exact) mass is 288 g/mol. The van der Waals surface area contributed by atoms with E-state index < -0.39 is 15.6 Å². The average Bonchev–Trinajstić information content (AvgIpc) is 2.37. The van der Waals surface area contributed by atoms with Gasteiger partial charge in [0.15, 0.2) is 5.82 Å². The van der Waals surface area contributed by atoms with Gasteiger partial charge in [0, 0.05) is 25.5 Å². The Morgan fingerprint density at radius 2 is 2.21 bits per heavy atom. The Balaban J connectivity index is 2.12. The molecule has 0 bridgehead atoms. The molecule has 1 fully saturated rings. The van der Waals surface area contributed by atoms with E-state index in [-0.39, 0.29) is 24.0 Å². The second-order valence-corrected chi connectivity index (χ2v) is 5.97. The smallest absolute Gasteiger partial charge is 0.259 e. The molecule has 2 heterocycles. The van der Waals surface area contributed by atoms with Gasteiger partial charge >= 0.3 is 0 Å². The SMILES string of the molecule is NS(=O)(=O)c1nccnc1NCC1(O)CCCOC1. The molecule has 1 unspecified atom stereocenters. The van der Waals surface area contributed by atoms with Crippen LogP contribution in [0.3, 0.4) is 0 Å². The number of primary sulfonamides is 1. The van der Waals surface area contributed by atoms with Gasteiger partial charge < -0.3 is 15.2 Å². The second-order valence-electron chi connectivity index (χ2n) is 4.49. The fraction of sp³-hybridized carbons (Fsp3) is 0.600. The summed E-state index contributed by atoms with van der Waals surface area (Å²) in [5.41, 5.74) is -1.04. The summed E-state index contributed by atoms with van der Waals surface area (Å²) in [4.78, 5) is 7.56. The van der Waals surface area contributed by atoms with Crippen LogP contribution in [-0.2, 0) is 14.8 Å². The Labute approximate surface area is 111 Å². The molecule has 0 aromatic carbocycles. The summed E-state index contributed by atoms with van der Waals surface area (Å²) in [7, 11) is -3.96. The molecule has 1 aromatic heterocycles. The maximum absolute atomic E-state index is 11.3. The Hall–Kier alpha value is -1.29. The van der Waals surface area contributed by atoms with E-state index in [2.05, 4.69) is 15.3 Å². The van der Waals surface area contributed by atoms with Crippen LogP contribution < -0.4 is 10.5 Å². The standard InChI is InChI=1S/C10H16N4O4S/c11-19(16,17)9-8(12-3-4-13-9)14-6-10(15)2-1-5-18-7-10/h3-4,15H,1-2,5-7H2,(H,12,14)(H2,11,16,17). The summed E-state index contributed by atoms with van der Waals surface area (Å²) in [6, 6.07) is 0. The molecule has 106 valence electrons. The Bertz CT molecular complexity index is 542. The molecule has 0 aliphatic carbocycles. The molecule has 4 N–H and O–H groups in total. The van der Waals surface area contributed by atoms with E-state index in [1.54, 1.807) is 0 Å². The van der Waals surface area contributed by atoms with Crippen LogP contribution in [0.5, 0.6) is 0 Å². The van der Waals surface area contributed by atoms with Crippen molar-refractivity contribution < 1.29 is 18.3 Å². The summed E-state index contributed by atoms with van der Waals surface area (Å²) in [5.74, 6) is 0.0315. The second kappa shape index (κ2) is 5.37. The zero-order valence-corrected chi connectivity index (χ0v) is 11.1. The first-order valence-corrected chi connectivity index (χ1v) is 7.33. The highest BCUT2D eigenvalue weighted by molar-refractivity contribution is 7.89. The number of anilines is 1. The predicted octanol–water partition coefficient (Wildman–Crippen LogP) is -0.923. The number of hydrogen-bond acceptors (Lipinski definition) is 7. The van der Waals surface area contributed by atoms with Crippen LogP contribution in [0.4, 0.5) is 5.82 Å². The van der Waals surface area contributed by atoms with Crippen LogP contribution in [0, 0.1) is 0 Å². The normalized spacial score (nSPS) is 24.1. The van der Waals surface area contributed by atoms with Gasteiger partial charge in [-0.2, -0.15) is 0 Å². The average molecular weight is 288 g/mol. The summed E-state index contributed by atoms with van der Waals surface area (Å²) >= 11 is 0. The zero-order chi connectivity index (χ0) is 13.9. The highest BCUT2D eigenvalue weighted by atomic mass is 32.2. The first-order valence-electron chi connectivity index (χ1n) is 5.79. The molecule has 0 saturated carbocycles. The molecule has 0 spiro atoms. The van der Waals surface area contributed by atoms with E-state index in [9.17, 15) is 13.5 Å². The lowest BCUT2D eigenvalue weighted by atomic mass is 9.97. The largest absolute Gasteiger partial charge is 0.386 e. The molecule has 1 aromatic rings. The lowest BCUT2D eigenvalue weighted by Crippen LogP contribution is -2.44. The molecular formula is C10H16N4O4S. The maximum atomic E-state index is 11.3. The highest BCUT2D eigenvalue weighted by Crippen LogP contribution is 2.21. The van der Waals surface area contributed by atoms with Crippen molar-refractivity contribution in [2.24, 2.45) is 5.14 Å². The number of aliphatic hydroxyl groups is 1. The van der Waals surface area contributed by atoms with E-state index in [0.717, 1.165) is 6.42 Å². The number of nitrogens with zero attached hydrogens (tertiary/aromatic N) is 2. The fourth-order valence-corrected chi connectivity index (χ4v) is 2.48. The van der Waals surface area contributed by atoms with E-state index in [4.69, 9.17) is 9.88 Å². The molecule has 2 rings (SSSR count). The first-order chi connectivity index (χ1) is 8.91. The summed E-state index contributed by atoms with van der Waals surface area (Å²) in [5, 5.41) is 17.7. The van der Waals surface area contributed by atoms with Crippen LogP contribution >= 0.6 is 0 Å². The molecule has 1 aliphatic heterocycles. The summed E-state index contributed by atoms with van der Waals surface area (Å²) in [6.07, 6.45) is 3.91. The minimum absolute atomic E-state index is 0.0315. The third-order valence-electron chi connectivity index (χ3n) is 2.82. The highest BCUT2D eigenvalue weighted by Gasteiger charge is 2.30. The van der Waals surface area contributed by atoms with Gasteiger partial charge in [-0.1, -0.05) is 0 Å². The van der Waals surface area contributed by atoms with Crippen molar-refractivity contribution >= 4 is 15.8 Å². The minimum atomic E-state index is -3.96. The fourth-order valence-electron chi connectivity index (χ4n) is 1.88. The van der Waals surface area contributed by atoms with Crippen LogP contribution in [0.1, 0.15) is 12.8 Å². The number of hydrogen-bond donors (Lipinski definition) is 3. The number of ether oxygens (including phenoxy) is 1. The van der Waals surface area contributed by atoms with Crippen molar-refractivity contribution in [3.8, 4) is 0 Å². The van der Waals surface area contributed by atoms with Crippen molar-refractivity contribution in [2.75, 3.05) is 25.1 Å². The third-order valence-corrected chi connectivity index (χ3v) is 3.66. The number of nitrogens with one attached hydrogen (secondary N) is 1. The van der Waals surface area contributed by atoms with Crippen molar-refractivity contribution in [3.63, 3.8) is 0 Å². The summed E-state index contributed by atoms with van der Waals surface area (Å²) < 4.78 is 27.9. The maximum Gasteiger partial charge on any atom is 0.259 e. The van der Waals surface area contributed by atoms with Gasteiger partial charge in [-0.05, 0) is 12.8 Å². The molecule has 0 radical (unpaired) electrons. The van der Waals surface area contributed by atoms with Gasteiger partial charge in [-0.15, -0.1) is 0 Å². The Kier molecular flexibility index (Phi) is 3.99. The van der Waals surface area contributed by atoms with Crippen LogP contribution in [0.25, 0.3) is 0 Å². The number of nitrogens with two attached hydrogens (primary N) is 1. The third kappa shape index (κ3) is 3.60. The molecule has 8 nitrogen and oxygen atoms in total. The van der Waals surface area contributed by atoms with Gasteiger partial charge in [-0.3, -0.25) is 0 Å². The van der Waals surface area contributed by atoms with Gasteiger partial charge in [0.05, 0.1) is 6.61 Å². The van der Waals surface area contributed by atoms with Crippen molar-refractivity contribution in [2.45, 2.75) is 23.5 Å². The Morgan fingerprint density at radius 3 is 2.84 bits per heavy atom. The van der Waals surface area contributed by atoms with Crippen molar-refractivity contribution in [1.29, 1.82) is 0 Å². The van der Waals surface area contributed by atoms with E-state index in [0.29, 0.717) is 13.0 Å². The molecule has 1 aliphatic rings. The van der Waals surface area contributed by atoms with E-state index in [1.807, 2.05) is 0 Å². The molecular weight excluding hydrogens is 272 g/mol. The quantitative estimate of drug-likeness (QED) is 0.653.